The molecule has 0 unspecified atom stereocenters. The van der Waals surface area contributed by atoms with Crippen molar-refractivity contribution < 1.29 is 4.79 Å². The number of allylic oxidation sites excluding steroid dienone is 2. The Hall–Kier alpha value is -1.68. The van der Waals surface area contributed by atoms with Crippen LogP contribution < -0.4 is 0 Å². The number of carbonyl (C=O) groups excluding carboxylic acids is 1. The molecule has 2 aliphatic heterocycles. The highest BCUT2D eigenvalue weighted by atomic mass is 16.2. The van der Waals surface area contributed by atoms with Crippen molar-refractivity contribution in [2.24, 2.45) is 11.3 Å². The van der Waals surface area contributed by atoms with Crippen LogP contribution in [0.15, 0.2) is 36.5 Å². The third-order valence-corrected chi connectivity index (χ3v) is 6.35. The lowest BCUT2D eigenvalue weighted by Gasteiger charge is -2.48. The minimum Gasteiger partial charge on any atom is -0.342 e. The monoisotopic (exact) mass is 339 g/mol. The van der Waals surface area contributed by atoms with Gasteiger partial charge in [0.15, 0.2) is 0 Å². The van der Waals surface area contributed by atoms with Crippen molar-refractivity contribution in [2.45, 2.75) is 45.1 Å². The number of piperidine rings is 2. The fourth-order valence-corrected chi connectivity index (χ4v) is 4.85. The van der Waals surface area contributed by atoms with Crippen molar-refractivity contribution in [3.63, 3.8) is 0 Å². The summed E-state index contributed by atoms with van der Waals surface area (Å²) >= 11 is 0. The molecule has 4 heteroatoms. The molecule has 1 aromatic heterocycles. The van der Waals surface area contributed by atoms with E-state index < -0.39 is 0 Å². The Morgan fingerprint density at radius 3 is 2.64 bits per heavy atom. The molecule has 1 amide bonds. The van der Waals surface area contributed by atoms with Crippen LogP contribution in [0, 0.1) is 11.3 Å². The zero-order valence-corrected chi connectivity index (χ0v) is 15.1. The number of hydrogen-bond donors (Lipinski definition) is 0. The van der Waals surface area contributed by atoms with E-state index in [1.54, 1.807) is 0 Å². The number of pyridine rings is 1. The quantitative estimate of drug-likeness (QED) is 0.793. The number of nitrogens with zero attached hydrogens (tertiary/aromatic N) is 3. The summed E-state index contributed by atoms with van der Waals surface area (Å²) in [5, 5.41) is 0. The van der Waals surface area contributed by atoms with Crippen LogP contribution in [0.4, 0.5) is 0 Å². The van der Waals surface area contributed by atoms with Crippen LogP contribution in [0.1, 0.15) is 44.2 Å². The highest BCUT2D eigenvalue weighted by Gasteiger charge is 2.40. The van der Waals surface area contributed by atoms with Gasteiger partial charge in [0.1, 0.15) is 0 Å². The van der Waals surface area contributed by atoms with Gasteiger partial charge >= 0.3 is 0 Å². The fraction of sp³-hybridized carbons (Fsp3) is 0.619. The van der Waals surface area contributed by atoms with Gasteiger partial charge in [-0.05, 0) is 62.6 Å². The van der Waals surface area contributed by atoms with Crippen molar-refractivity contribution in [1.29, 1.82) is 0 Å². The smallest absolute Gasteiger partial charge is 0.226 e. The summed E-state index contributed by atoms with van der Waals surface area (Å²) in [7, 11) is 0. The van der Waals surface area contributed by atoms with Crippen molar-refractivity contribution in [3.05, 3.63) is 42.2 Å². The first-order valence-corrected chi connectivity index (χ1v) is 9.80. The van der Waals surface area contributed by atoms with Gasteiger partial charge in [0, 0.05) is 38.3 Å². The lowest BCUT2D eigenvalue weighted by molar-refractivity contribution is -0.138. The summed E-state index contributed by atoms with van der Waals surface area (Å²) in [6.07, 6.45) is 13.0. The average Bonchev–Trinajstić information content (AvgIpc) is 3.18. The average molecular weight is 339 g/mol. The number of amides is 1. The molecule has 3 aliphatic rings. The Balaban J connectivity index is 1.33. The third kappa shape index (κ3) is 3.79. The maximum Gasteiger partial charge on any atom is 0.226 e. The number of carbonyl (C=O) groups is 1. The molecule has 4 rings (SSSR count). The lowest BCUT2D eigenvalue weighted by Crippen LogP contribution is -2.51. The van der Waals surface area contributed by atoms with E-state index in [1.807, 2.05) is 12.3 Å². The van der Waals surface area contributed by atoms with Crippen LogP contribution >= 0.6 is 0 Å². The number of aromatic nitrogens is 1. The van der Waals surface area contributed by atoms with Gasteiger partial charge in [0.25, 0.3) is 0 Å². The number of hydrogen-bond acceptors (Lipinski definition) is 3. The first-order chi connectivity index (χ1) is 12.2. The number of likely N-dealkylation sites (tertiary alicyclic amines) is 2. The second kappa shape index (κ2) is 7.28. The lowest BCUT2D eigenvalue weighted by atomic mass is 9.72. The first-order valence-electron chi connectivity index (χ1n) is 9.80. The van der Waals surface area contributed by atoms with Gasteiger partial charge in [-0.15, -0.1) is 0 Å². The molecule has 3 heterocycles. The molecular weight excluding hydrogens is 310 g/mol. The summed E-state index contributed by atoms with van der Waals surface area (Å²) in [5.41, 5.74) is 1.58. The summed E-state index contributed by atoms with van der Waals surface area (Å²) < 4.78 is 0. The minimum absolute atomic E-state index is 0.223. The van der Waals surface area contributed by atoms with Gasteiger partial charge in [0.2, 0.25) is 5.91 Å². The standard InChI is InChI=1S/C21H29N3O/c25-20(18-6-1-2-7-18)24-14-10-21(11-15-24)9-5-13-23(17-21)16-19-8-3-4-12-22-19/h1-4,8,12,18H,5-7,9-11,13-17H2. The molecule has 4 nitrogen and oxygen atoms in total. The molecule has 2 saturated heterocycles. The van der Waals surface area contributed by atoms with Crippen LogP contribution in [0.3, 0.4) is 0 Å². The molecular formula is C21H29N3O. The Labute approximate surface area is 150 Å². The molecule has 1 aromatic rings. The fourth-order valence-electron chi connectivity index (χ4n) is 4.85. The van der Waals surface area contributed by atoms with E-state index in [2.05, 4.69) is 39.1 Å². The van der Waals surface area contributed by atoms with Crippen molar-refractivity contribution >= 4 is 5.91 Å². The molecule has 2 fully saturated rings. The van der Waals surface area contributed by atoms with Gasteiger partial charge in [-0.3, -0.25) is 14.7 Å². The molecule has 0 atom stereocenters. The van der Waals surface area contributed by atoms with Gasteiger partial charge in [-0.25, -0.2) is 0 Å². The highest BCUT2D eigenvalue weighted by Crippen LogP contribution is 2.40. The molecule has 134 valence electrons. The second-order valence-corrected chi connectivity index (χ2v) is 8.10. The second-order valence-electron chi connectivity index (χ2n) is 8.10. The normalized spacial score (nSPS) is 24.1. The first kappa shape index (κ1) is 16.8. The van der Waals surface area contributed by atoms with Crippen molar-refractivity contribution in [3.8, 4) is 0 Å². The molecule has 0 bridgehead atoms. The minimum atomic E-state index is 0.223. The van der Waals surface area contributed by atoms with Crippen LogP contribution in [0.25, 0.3) is 0 Å². The predicted molar refractivity (Wildman–Crippen MR) is 98.9 cm³/mol. The highest BCUT2D eigenvalue weighted by molar-refractivity contribution is 5.79. The Morgan fingerprint density at radius 2 is 1.92 bits per heavy atom. The van der Waals surface area contributed by atoms with Gasteiger partial charge in [-0.1, -0.05) is 18.2 Å². The van der Waals surface area contributed by atoms with Gasteiger partial charge in [-0.2, -0.15) is 0 Å². The van der Waals surface area contributed by atoms with E-state index in [0.717, 1.165) is 51.9 Å². The maximum absolute atomic E-state index is 12.6. The SMILES string of the molecule is O=C(C1CC=CC1)N1CCC2(CCCN(Cc3ccccn3)C2)CC1. The summed E-state index contributed by atoms with van der Waals surface area (Å²) in [4.78, 5) is 21.8. The largest absolute Gasteiger partial charge is 0.342 e. The van der Waals surface area contributed by atoms with E-state index in [1.165, 1.54) is 25.1 Å². The zero-order valence-electron chi connectivity index (χ0n) is 15.1. The van der Waals surface area contributed by atoms with E-state index in [9.17, 15) is 4.79 Å². The van der Waals surface area contributed by atoms with Gasteiger partial charge < -0.3 is 4.90 Å². The van der Waals surface area contributed by atoms with Crippen LogP contribution in [-0.4, -0.2) is 46.9 Å². The molecule has 1 spiro atoms. The van der Waals surface area contributed by atoms with E-state index in [-0.39, 0.29) is 5.92 Å². The van der Waals surface area contributed by atoms with Crippen molar-refractivity contribution in [1.82, 2.24) is 14.8 Å². The van der Waals surface area contributed by atoms with E-state index >= 15 is 0 Å². The van der Waals surface area contributed by atoms with E-state index in [4.69, 9.17) is 0 Å². The van der Waals surface area contributed by atoms with Crippen LogP contribution in [0.5, 0.6) is 0 Å². The summed E-state index contributed by atoms with van der Waals surface area (Å²) in [6.45, 7) is 5.20. The Bertz CT molecular complexity index is 611. The molecule has 0 radical (unpaired) electrons. The molecule has 0 aromatic carbocycles. The Morgan fingerprint density at radius 1 is 1.12 bits per heavy atom. The van der Waals surface area contributed by atoms with Crippen molar-refractivity contribution in [2.75, 3.05) is 26.2 Å². The predicted octanol–water partition coefficient (Wildman–Crippen LogP) is 3.25. The zero-order chi connectivity index (χ0) is 17.1. The number of rotatable bonds is 3. The van der Waals surface area contributed by atoms with Crippen LogP contribution in [-0.2, 0) is 11.3 Å². The molecule has 0 saturated carbocycles. The molecule has 1 aliphatic carbocycles. The Kier molecular flexibility index (Phi) is 4.89. The van der Waals surface area contributed by atoms with Gasteiger partial charge in [0.05, 0.1) is 5.69 Å². The third-order valence-electron chi connectivity index (χ3n) is 6.35. The summed E-state index contributed by atoms with van der Waals surface area (Å²) in [5.74, 6) is 0.613. The maximum atomic E-state index is 12.6. The summed E-state index contributed by atoms with van der Waals surface area (Å²) in [6, 6.07) is 6.18. The topological polar surface area (TPSA) is 36.4 Å². The molecule has 0 N–H and O–H groups in total. The van der Waals surface area contributed by atoms with E-state index in [0.29, 0.717) is 11.3 Å². The van der Waals surface area contributed by atoms with Crippen LogP contribution in [0.2, 0.25) is 0 Å². The molecule has 25 heavy (non-hydrogen) atoms.